The molecule has 1 fully saturated rings. The molecule has 2 heterocycles. The molecule has 48 heavy (non-hydrogen) atoms. The summed E-state index contributed by atoms with van der Waals surface area (Å²) in [5.74, 6) is 0.342. The van der Waals surface area contributed by atoms with E-state index in [1.165, 1.54) is 11.1 Å². The first-order valence-electron chi connectivity index (χ1n) is 17.4. The SMILES string of the molecule is CC[C@@H]1CC/C=C/[C@H](OCC(=O)NC(C)C)[C@@H]2CC[C@H]2CN2C[C@@]3(CCCc4cc(Cl)ccc43)COc3ccc(cc32)C(=O)NS1(=O)=O. The number of fused-ring (bicyclic) bond motifs is 4. The molecule has 0 radical (unpaired) electrons. The summed E-state index contributed by atoms with van der Waals surface area (Å²) in [5.41, 5.74) is 3.27. The number of nitrogens with zero attached hydrogens (tertiary/aromatic N) is 1. The third-order valence-corrected chi connectivity index (χ3v) is 12.8. The molecule has 260 valence electrons. The van der Waals surface area contributed by atoms with Gasteiger partial charge in [0.1, 0.15) is 12.4 Å². The molecule has 4 aliphatic rings. The van der Waals surface area contributed by atoms with Crippen molar-refractivity contribution >= 4 is 39.1 Å². The molecule has 2 bridgehead atoms. The van der Waals surface area contributed by atoms with Crippen molar-refractivity contribution in [2.45, 2.75) is 94.9 Å². The summed E-state index contributed by atoms with van der Waals surface area (Å²) in [5, 5.41) is 2.91. The average Bonchev–Trinajstić information content (AvgIpc) is 3.17. The Morgan fingerprint density at radius 2 is 2.02 bits per heavy atom. The van der Waals surface area contributed by atoms with Crippen molar-refractivity contribution in [3.8, 4) is 5.75 Å². The maximum absolute atomic E-state index is 13.5. The van der Waals surface area contributed by atoms with E-state index in [0.717, 1.165) is 42.8 Å². The van der Waals surface area contributed by atoms with Gasteiger partial charge in [-0.2, -0.15) is 0 Å². The standard InChI is InChI=1S/C37H48ClN3O6S/c1-4-29-9-5-6-10-33(46-21-35(42)39-24(2)3)30-14-11-27(30)20-41-22-37(17-7-8-25-18-28(38)13-15-31(25)37)23-47-34-16-12-26(19-32(34)41)36(43)40-48(29,44)45/h6,10,12-13,15-16,18-19,24,27,29-30,33H,4-5,7-9,11,14,17,20-23H2,1-3H3,(H,39,42)(H,40,43)/b10-6+/t27-,29+,30+,33-,37-/m0/s1. The Labute approximate surface area is 289 Å². The van der Waals surface area contributed by atoms with Gasteiger partial charge >= 0.3 is 0 Å². The van der Waals surface area contributed by atoms with Gasteiger partial charge in [-0.1, -0.05) is 36.7 Å². The van der Waals surface area contributed by atoms with Crippen LogP contribution in [0, 0.1) is 11.8 Å². The lowest BCUT2D eigenvalue weighted by Gasteiger charge is -2.46. The number of allylic oxidation sites excluding steroid dienone is 1. The molecule has 6 rings (SSSR count). The largest absolute Gasteiger partial charge is 0.490 e. The molecule has 0 saturated heterocycles. The number of halogens is 1. The van der Waals surface area contributed by atoms with Crippen molar-refractivity contribution < 1.29 is 27.5 Å². The molecule has 1 saturated carbocycles. The molecular weight excluding hydrogens is 650 g/mol. The zero-order chi connectivity index (χ0) is 34.1. The smallest absolute Gasteiger partial charge is 0.264 e. The molecule has 2 aromatic carbocycles. The van der Waals surface area contributed by atoms with Gasteiger partial charge < -0.3 is 19.7 Å². The summed E-state index contributed by atoms with van der Waals surface area (Å²) in [7, 11) is -3.93. The molecule has 9 nitrogen and oxygen atoms in total. The van der Waals surface area contributed by atoms with Crippen molar-refractivity contribution in [3.05, 3.63) is 70.3 Å². The van der Waals surface area contributed by atoms with E-state index in [1.807, 2.05) is 39.0 Å². The number of amides is 2. The van der Waals surface area contributed by atoms with Crippen LogP contribution in [0.4, 0.5) is 5.69 Å². The van der Waals surface area contributed by atoms with Crippen LogP contribution in [0.15, 0.2) is 48.6 Å². The molecule has 0 unspecified atom stereocenters. The summed E-state index contributed by atoms with van der Waals surface area (Å²) in [6.07, 6.45) is 9.85. The van der Waals surface area contributed by atoms with Crippen molar-refractivity contribution in [1.29, 1.82) is 0 Å². The maximum Gasteiger partial charge on any atom is 0.264 e. The first kappa shape index (κ1) is 34.8. The Kier molecular flexibility index (Phi) is 10.4. The van der Waals surface area contributed by atoms with Gasteiger partial charge in [0.15, 0.2) is 0 Å². The fourth-order valence-corrected chi connectivity index (χ4v) is 9.64. The zero-order valence-corrected chi connectivity index (χ0v) is 29.7. The highest BCUT2D eigenvalue weighted by Crippen LogP contribution is 2.47. The first-order valence-corrected chi connectivity index (χ1v) is 19.3. The molecular formula is C37H48ClN3O6S. The van der Waals surface area contributed by atoms with Crippen LogP contribution in [0.3, 0.4) is 0 Å². The van der Waals surface area contributed by atoms with Gasteiger partial charge in [0.25, 0.3) is 5.91 Å². The summed E-state index contributed by atoms with van der Waals surface area (Å²) in [6.45, 7) is 7.49. The number of nitrogens with one attached hydrogen (secondary N) is 2. The van der Waals surface area contributed by atoms with E-state index < -0.39 is 21.2 Å². The van der Waals surface area contributed by atoms with Crippen molar-refractivity contribution in [1.82, 2.24) is 10.0 Å². The summed E-state index contributed by atoms with van der Waals surface area (Å²) >= 11 is 6.44. The van der Waals surface area contributed by atoms with Gasteiger partial charge in [-0.05, 0) is 119 Å². The van der Waals surface area contributed by atoms with Crippen LogP contribution in [0.1, 0.15) is 87.2 Å². The van der Waals surface area contributed by atoms with E-state index in [9.17, 15) is 18.0 Å². The van der Waals surface area contributed by atoms with Crippen LogP contribution in [-0.4, -0.2) is 63.9 Å². The highest BCUT2D eigenvalue weighted by molar-refractivity contribution is 7.90. The minimum absolute atomic E-state index is 0.0157. The monoisotopic (exact) mass is 697 g/mol. The fourth-order valence-electron chi connectivity index (χ4n) is 8.01. The third kappa shape index (κ3) is 7.41. The lowest BCUT2D eigenvalue weighted by atomic mass is 9.68. The number of sulfonamides is 1. The predicted octanol–water partition coefficient (Wildman–Crippen LogP) is 5.94. The number of ether oxygens (including phenoxy) is 2. The zero-order valence-electron chi connectivity index (χ0n) is 28.2. The van der Waals surface area contributed by atoms with Gasteiger partial charge in [0.2, 0.25) is 15.9 Å². The quantitative estimate of drug-likeness (QED) is 0.372. The molecule has 2 aliphatic carbocycles. The van der Waals surface area contributed by atoms with Crippen LogP contribution < -0.4 is 19.7 Å². The van der Waals surface area contributed by atoms with Gasteiger partial charge in [-0.25, -0.2) is 13.1 Å². The summed E-state index contributed by atoms with van der Waals surface area (Å²) < 4.78 is 42.0. The van der Waals surface area contributed by atoms with Crippen LogP contribution in [-0.2, 0) is 31.4 Å². The Morgan fingerprint density at radius 1 is 1.19 bits per heavy atom. The highest BCUT2D eigenvalue weighted by Gasteiger charge is 2.44. The molecule has 5 atom stereocenters. The van der Waals surface area contributed by atoms with Crippen molar-refractivity contribution in [3.63, 3.8) is 0 Å². The lowest BCUT2D eigenvalue weighted by Crippen LogP contribution is -2.50. The normalized spacial score (nSPS) is 29.0. The molecule has 2 N–H and O–H groups in total. The maximum atomic E-state index is 13.5. The number of rotatable bonds is 5. The van der Waals surface area contributed by atoms with Gasteiger partial charge in [-0.3, -0.25) is 9.59 Å². The number of benzene rings is 2. The van der Waals surface area contributed by atoms with Gasteiger partial charge in [-0.15, -0.1) is 0 Å². The van der Waals surface area contributed by atoms with E-state index in [0.29, 0.717) is 44.7 Å². The minimum Gasteiger partial charge on any atom is -0.490 e. The van der Waals surface area contributed by atoms with E-state index in [1.54, 1.807) is 18.2 Å². The molecule has 2 aliphatic heterocycles. The second-order valence-electron chi connectivity index (χ2n) is 14.3. The Hall–Kier alpha value is -3.08. The fraction of sp³-hybridized carbons (Fsp3) is 0.568. The second kappa shape index (κ2) is 14.4. The summed E-state index contributed by atoms with van der Waals surface area (Å²) in [4.78, 5) is 28.4. The predicted molar refractivity (Wildman–Crippen MR) is 188 cm³/mol. The summed E-state index contributed by atoms with van der Waals surface area (Å²) in [6, 6.07) is 11.4. The Morgan fingerprint density at radius 3 is 2.77 bits per heavy atom. The number of hydrogen-bond donors (Lipinski definition) is 2. The molecule has 1 spiro atoms. The topological polar surface area (TPSA) is 114 Å². The highest BCUT2D eigenvalue weighted by atomic mass is 35.5. The van der Waals surface area contributed by atoms with Crippen LogP contribution in [0.5, 0.6) is 5.75 Å². The number of carbonyl (C=O) groups is 2. The van der Waals surface area contributed by atoms with Crippen molar-refractivity contribution in [2.75, 3.05) is 31.2 Å². The molecule has 11 heteroatoms. The van der Waals surface area contributed by atoms with E-state index in [-0.39, 0.29) is 47.5 Å². The van der Waals surface area contributed by atoms with Gasteiger partial charge in [0.05, 0.1) is 23.6 Å². The average molecular weight is 698 g/mol. The number of aryl methyl sites for hydroxylation is 1. The van der Waals surface area contributed by atoms with E-state index in [2.05, 4.69) is 27.1 Å². The van der Waals surface area contributed by atoms with E-state index >= 15 is 0 Å². The number of anilines is 1. The molecule has 2 aromatic rings. The molecule has 2 amide bonds. The van der Waals surface area contributed by atoms with E-state index in [4.69, 9.17) is 21.1 Å². The van der Waals surface area contributed by atoms with Crippen molar-refractivity contribution in [2.24, 2.45) is 11.8 Å². The van der Waals surface area contributed by atoms with Gasteiger partial charge in [0, 0.05) is 35.1 Å². The Balaban J connectivity index is 1.39. The lowest BCUT2D eigenvalue weighted by molar-refractivity contribution is -0.129. The number of carbonyl (C=O) groups excluding carboxylic acids is 2. The Bertz CT molecular complexity index is 1660. The van der Waals surface area contributed by atoms with Crippen LogP contribution in [0.2, 0.25) is 5.02 Å². The number of hydrogen-bond acceptors (Lipinski definition) is 7. The van der Waals surface area contributed by atoms with Crippen LogP contribution >= 0.6 is 11.6 Å². The third-order valence-electron chi connectivity index (χ3n) is 10.6. The first-order chi connectivity index (χ1) is 23.0. The second-order valence-corrected chi connectivity index (χ2v) is 16.7. The molecule has 0 aromatic heterocycles. The minimum atomic E-state index is -3.93. The van der Waals surface area contributed by atoms with Crippen LogP contribution in [0.25, 0.3) is 0 Å².